The molecule has 1 rings (SSSR count). The average Bonchev–Trinajstić information content (AvgIpc) is 2.90. The van der Waals surface area contributed by atoms with Gasteiger partial charge >= 0.3 is 5.97 Å². The van der Waals surface area contributed by atoms with E-state index in [2.05, 4.69) is 17.5 Å². The van der Waals surface area contributed by atoms with Crippen LogP contribution in [0.4, 0.5) is 0 Å². The zero-order valence-electron chi connectivity index (χ0n) is 15.5. The van der Waals surface area contributed by atoms with E-state index in [0.29, 0.717) is 6.42 Å². The Kier molecular flexibility index (Phi) is 10.0. The van der Waals surface area contributed by atoms with Gasteiger partial charge in [0.2, 0.25) is 11.4 Å². The minimum absolute atomic E-state index is 0. The van der Waals surface area contributed by atoms with Gasteiger partial charge in [-0.15, -0.1) is 22.5 Å². The zero-order chi connectivity index (χ0) is 20.1. The highest BCUT2D eigenvalue weighted by Crippen LogP contribution is 2.37. The quantitative estimate of drug-likeness (QED) is 0.134. The lowest BCUT2D eigenvalue weighted by atomic mass is 9.86. The Bertz CT molecular complexity index is 576. The lowest BCUT2D eigenvalue weighted by molar-refractivity contribution is -0.757. The monoisotopic (exact) mass is 427 g/mol. The number of amides is 1. The summed E-state index contributed by atoms with van der Waals surface area (Å²) in [5.74, 6) is -2.37. The van der Waals surface area contributed by atoms with Gasteiger partial charge in [0.15, 0.2) is 5.78 Å². The number of halogens is 1. The molecule has 0 aliphatic carbocycles. The highest BCUT2D eigenvalue weighted by atomic mass is 35.5. The molecule has 0 spiro atoms. The van der Waals surface area contributed by atoms with Crippen LogP contribution in [0.15, 0.2) is 0 Å². The van der Waals surface area contributed by atoms with Gasteiger partial charge in [-0.2, -0.15) is 12.6 Å². The Morgan fingerprint density at radius 3 is 2.41 bits per heavy atom. The van der Waals surface area contributed by atoms with Crippen molar-refractivity contribution in [2.45, 2.75) is 50.4 Å². The number of rotatable bonds is 9. The van der Waals surface area contributed by atoms with Crippen molar-refractivity contribution in [1.82, 2.24) is 4.90 Å². The number of ketones is 1. The van der Waals surface area contributed by atoms with Crippen LogP contribution in [0.1, 0.15) is 33.6 Å². The minimum Gasteiger partial charge on any atom is -0.464 e. The molecule has 27 heavy (non-hydrogen) atoms. The van der Waals surface area contributed by atoms with Crippen molar-refractivity contribution >= 4 is 42.7 Å². The molecule has 0 aromatic carbocycles. The van der Waals surface area contributed by atoms with E-state index >= 15 is 0 Å². The van der Waals surface area contributed by atoms with E-state index in [0.717, 1.165) is 0 Å². The SMILES string of the molecule is CC(C)C(=O)N1CCC(S)[C@@]1(C(=O)OCCCO[N+](=O)[O-])C(=O)[C@H](C)N.Cl. The molecule has 1 unspecified atom stereocenters. The molecule has 0 aromatic rings. The van der Waals surface area contributed by atoms with Crippen molar-refractivity contribution in [3.8, 4) is 0 Å². The highest BCUT2D eigenvalue weighted by Gasteiger charge is 2.62. The van der Waals surface area contributed by atoms with E-state index < -0.39 is 39.6 Å². The molecule has 2 N–H and O–H groups in total. The highest BCUT2D eigenvalue weighted by molar-refractivity contribution is 7.81. The molecule has 3 atom stereocenters. The maximum Gasteiger partial charge on any atom is 0.341 e. The molecule has 1 aliphatic rings. The van der Waals surface area contributed by atoms with Crippen LogP contribution in [0, 0.1) is 16.0 Å². The number of ether oxygens (including phenoxy) is 1. The van der Waals surface area contributed by atoms with Gasteiger partial charge in [-0.3, -0.25) is 9.59 Å². The van der Waals surface area contributed by atoms with E-state index in [1.54, 1.807) is 13.8 Å². The number of Topliss-reactive ketones (excluding diaryl/α,β-unsaturated/α-hetero) is 1. The van der Waals surface area contributed by atoms with Crippen LogP contribution in [-0.4, -0.2) is 64.2 Å². The van der Waals surface area contributed by atoms with Gasteiger partial charge in [-0.05, 0) is 13.3 Å². The smallest absolute Gasteiger partial charge is 0.341 e. The van der Waals surface area contributed by atoms with Crippen LogP contribution in [0.2, 0.25) is 0 Å². The predicted octanol–water partition coefficient (Wildman–Crippen LogP) is 0.392. The molecule has 0 bridgehead atoms. The molecule has 10 nitrogen and oxygen atoms in total. The third-order valence-electron chi connectivity index (χ3n) is 4.11. The molecule has 1 fully saturated rings. The molecule has 1 amide bonds. The van der Waals surface area contributed by atoms with Gasteiger partial charge in [-0.25, -0.2) is 4.79 Å². The number of carbonyl (C=O) groups excluding carboxylic acids is 3. The first-order valence-corrected chi connectivity index (χ1v) is 8.82. The summed E-state index contributed by atoms with van der Waals surface area (Å²) in [6.45, 7) is 4.48. The molecule has 1 aliphatic heterocycles. The maximum absolute atomic E-state index is 12.9. The first-order chi connectivity index (χ1) is 12.1. The number of likely N-dealkylation sites (tertiary alicyclic amines) is 1. The van der Waals surface area contributed by atoms with E-state index in [1.807, 2.05) is 0 Å². The lowest BCUT2D eigenvalue weighted by Crippen LogP contribution is -2.66. The number of hydrogen-bond donors (Lipinski definition) is 2. The van der Waals surface area contributed by atoms with E-state index in [9.17, 15) is 24.5 Å². The van der Waals surface area contributed by atoms with Crippen molar-refractivity contribution < 1.29 is 29.0 Å². The van der Waals surface area contributed by atoms with Crippen molar-refractivity contribution in [3.63, 3.8) is 0 Å². The standard InChI is InChI=1S/C15H25N3O7S.ClH/c1-9(2)13(20)17-6-5-11(26)15(17,12(19)10(3)16)14(21)24-7-4-8-25-18(22)23;/h9-11,26H,4-8,16H2,1-3H3;1H/t10-,11?,15-;/m0./s1. The van der Waals surface area contributed by atoms with Gasteiger partial charge in [0.05, 0.1) is 19.3 Å². The lowest BCUT2D eigenvalue weighted by Gasteiger charge is -2.39. The molecule has 1 saturated heterocycles. The fourth-order valence-corrected chi connectivity index (χ4v) is 3.36. The van der Waals surface area contributed by atoms with E-state index in [-0.39, 0.29) is 44.5 Å². The van der Waals surface area contributed by atoms with Crippen molar-refractivity contribution in [2.24, 2.45) is 11.7 Å². The molecule has 156 valence electrons. The number of carbonyl (C=O) groups is 3. The third kappa shape index (κ3) is 5.45. The van der Waals surface area contributed by atoms with Gasteiger partial charge < -0.3 is 20.2 Å². The Balaban J connectivity index is 0.00000676. The normalized spacial score (nSPS) is 22.7. The third-order valence-corrected chi connectivity index (χ3v) is 4.74. The van der Waals surface area contributed by atoms with E-state index in [1.165, 1.54) is 11.8 Å². The largest absolute Gasteiger partial charge is 0.464 e. The first kappa shape index (κ1) is 25.4. The maximum atomic E-state index is 12.9. The first-order valence-electron chi connectivity index (χ1n) is 8.30. The predicted molar refractivity (Wildman–Crippen MR) is 101 cm³/mol. The number of nitrogens with zero attached hydrogens (tertiary/aromatic N) is 2. The Morgan fingerprint density at radius 2 is 1.93 bits per heavy atom. The second kappa shape index (κ2) is 10.7. The molecule has 0 saturated carbocycles. The summed E-state index contributed by atoms with van der Waals surface area (Å²) in [7, 11) is 0. The summed E-state index contributed by atoms with van der Waals surface area (Å²) >= 11 is 4.37. The topological polar surface area (TPSA) is 142 Å². The molecule has 12 heteroatoms. The van der Waals surface area contributed by atoms with E-state index in [4.69, 9.17) is 10.5 Å². The van der Waals surface area contributed by atoms with Crippen molar-refractivity contribution in [2.75, 3.05) is 19.8 Å². The van der Waals surface area contributed by atoms with Crippen LogP contribution in [-0.2, 0) is 24.0 Å². The molecular formula is C15H26ClN3O7S. The van der Waals surface area contributed by atoms with Crippen LogP contribution >= 0.6 is 25.0 Å². The molecule has 0 aromatic heterocycles. The summed E-state index contributed by atoms with van der Waals surface area (Å²) in [5.41, 5.74) is 3.82. The van der Waals surface area contributed by atoms with Gasteiger partial charge in [-0.1, -0.05) is 13.8 Å². The second-order valence-electron chi connectivity index (χ2n) is 6.41. The van der Waals surface area contributed by atoms with Crippen LogP contribution < -0.4 is 5.73 Å². The summed E-state index contributed by atoms with van der Waals surface area (Å²) in [6, 6.07) is -1.00. The summed E-state index contributed by atoms with van der Waals surface area (Å²) in [6.07, 6.45) is 0.393. The Hall–Kier alpha value is -1.59. The number of esters is 1. The number of hydrogen-bond acceptors (Lipinski definition) is 9. The fraction of sp³-hybridized carbons (Fsp3) is 0.800. The Labute approximate surface area is 169 Å². The fourth-order valence-electron chi connectivity index (χ4n) is 2.88. The number of nitrogens with two attached hydrogens (primary N) is 1. The van der Waals surface area contributed by atoms with Crippen LogP contribution in [0.3, 0.4) is 0 Å². The molecular weight excluding hydrogens is 402 g/mol. The summed E-state index contributed by atoms with van der Waals surface area (Å²) in [4.78, 5) is 53.7. The van der Waals surface area contributed by atoms with Gasteiger partial charge in [0, 0.05) is 24.1 Å². The summed E-state index contributed by atoms with van der Waals surface area (Å²) < 4.78 is 5.15. The van der Waals surface area contributed by atoms with Crippen molar-refractivity contribution in [3.05, 3.63) is 10.1 Å². The second-order valence-corrected chi connectivity index (χ2v) is 7.04. The van der Waals surface area contributed by atoms with Gasteiger partial charge in [0.1, 0.15) is 0 Å². The van der Waals surface area contributed by atoms with Gasteiger partial charge in [0.25, 0.3) is 5.09 Å². The minimum atomic E-state index is -1.90. The van der Waals surface area contributed by atoms with Crippen LogP contribution in [0.5, 0.6) is 0 Å². The van der Waals surface area contributed by atoms with Crippen LogP contribution in [0.25, 0.3) is 0 Å². The Morgan fingerprint density at radius 1 is 1.33 bits per heavy atom. The van der Waals surface area contributed by atoms with Crippen molar-refractivity contribution in [1.29, 1.82) is 0 Å². The molecule has 0 radical (unpaired) electrons. The average molecular weight is 428 g/mol. The zero-order valence-corrected chi connectivity index (χ0v) is 17.2. The summed E-state index contributed by atoms with van der Waals surface area (Å²) in [5, 5.41) is 8.40. The molecule has 1 heterocycles. The number of thiol groups is 1.